The van der Waals surface area contributed by atoms with Gasteiger partial charge >= 0.3 is 0 Å². The molecule has 1 nitrogen and oxygen atoms in total. The third kappa shape index (κ3) is 1.25. The van der Waals surface area contributed by atoms with Crippen molar-refractivity contribution in [1.82, 2.24) is 0 Å². The minimum Gasteiger partial charge on any atom is -0.396 e. The Hall–Kier alpha value is -0.920. The molecule has 66 valence electrons. The van der Waals surface area contributed by atoms with Crippen molar-refractivity contribution < 1.29 is 0 Å². The second kappa shape index (κ2) is 3.09. The molecule has 0 spiro atoms. The van der Waals surface area contributed by atoms with E-state index in [0.717, 1.165) is 11.1 Å². The zero-order valence-electron chi connectivity index (χ0n) is 6.72. The van der Waals surface area contributed by atoms with Gasteiger partial charge in [0.05, 0.1) is 15.7 Å². The molecule has 0 heterocycles. The summed E-state index contributed by atoms with van der Waals surface area (Å²) in [4.78, 5) is 0. The van der Waals surface area contributed by atoms with Crippen molar-refractivity contribution in [3.8, 4) is 11.1 Å². The summed E-state index contributed by atoms with van der Waals surface area (Å²) in [7, 11) is 0. The van der Waals surface area contributed by atoms with Gasteiger partial charge in [-0.3, -0.25) is 0 Å². The van der Waals surface area contributed by atoms with Crippen molar-refractivity contribution in [2.24, 2.45) is 0 Å². The fourth-order valence-electron chi connectivity index (χ4n) is 1.32. The Morgan fingerprint density at radius 2 is 1.31 bits per heavy atom. The molecule has 0 amide bonds. The molecular formula is C10H7Cl2N. The van der Waals surface area contributed by atoms with Crippen molar-refractivity contribution in [3.05, 3.63) is 40.4 Å². The summed E-state index contributed by atoms with van der Waals surface area (Å²) in [6, 6.07) is 9.54. The van der Waals surface area contributed by atoms with Crippen LogP contribution in [0.25, 0.3) is 11.1 Å². The monoisotopic (exact) mass is 211 g/mol. The number of rotatable bonds is 0. The Morgan fingerprint density at radius 1 is 0.846 bits per heavy atom. The van der Waals surface area contributed by atoms with Crippen LogP contribution < -0.4 is 5.73 Å². The van der Waals surface area contributed by atoms with E-state index in [2.05, 4.69) is 0 Å². The molecule has 0 unspecified atom stereocenters. The van der Waals surface area contributed by atoms with Crippen LogP contribution >= 0.6 is 23.2 Å². The molecule has 0 saturated heterocycles. The molecule has 3 heteroatoms. The summed E-state index contributed by atoms with van der Waals surface area (Å²) >= 11 is 12.0. The zero-order chi connectivity index (χ0) is 9.42. The van der Waals surface area contributed by atoms with Gasteiger partial charge in [-0.25, -0.2) is 0 Å². The molecule has 2 N–H and O–H groups in total. The first-order valence-corrected chi connectivity index (χ1v) is 4.58. The number of anilines is 1. The largest absolute Gasteiger partial charge is 0.396 e. The quantitative estimate of drug-likeness (QED) is 0.708. The van der Waals surface area contributed by atoms with Crippen molar-refractivity contribution >= 4 is 28.9 Å². The van der Waals surface area contributed by atoms with Crippen molar-refractivity contribution in [2.45, 2.75) is 0 Å². The molecule has 0 aliphatic heterocycles. The van der Waals surface area contributed by atoms with Gasteiger partial charge in [-0.1, -0.05) is 53.5 Å². The van der Waals surface area contributed by atoms with Gasteiger partial charge in [-0.15, -0.1) is 0 Å². The smallest absolute Gasteiger partial charge is 0.0729 e. The van der Waals surface area contributed by atoms with E-state index in [1.807, 2.05) is 30.3 Å². The molecule has 13 heavy (non-hydrogen) atoms. The van der Waals surface area contributed by atoms with Crippen LogP contribution in [-0.4, -0.2) is 0 Å². The third-order valence-corrected chi connectivity index (χ3v) is 2.80. The van der Waals surface area contributed by atoms with E-state index >= 15 is 0 Å². The summed E-state index contributed by atoms with van der Waals surface area (Å²) in [5, 5.41) is 1.08. The van der Waals surface area contributed by atoms with Crippen LogP contribution in [-0.2, 0) is 0 Å². The zero-order valence-corrected chi connectivity index (χ0v) is 8.23. The minimum atomic E-state index is 0.463. The molecule has 0 aromatic heterocycles. The molecule has 0 bridgehead atoms. The van der Waals surface area contributed by atoms with E-state index in [9.17, 15) is 0 Å². The molecule has 0 aromatic carbocycles. The third-order valence-electron chi connectivity index (χ3n) is 1.98. The summed E-state index contributed by atoms with van der Waals surface area (Å²) in [6.07, 6.45) is 0. The van der Waals surface area contributed by atoms with Crippen LogP contribution in [0.15, 0.2) is 30.3 Å². The second-order valence-corrected chi connectivity index (χ2v) is 3.54. The van der Waals surface area contributed by atoms with Gasteiger partial charge in [0, 0.05) is 11.1 Å². The molecule has 2 aliphatic carbocycles. The number of hydrogen-bond donors (Lipinski definition) is 1. The molecule has 0 saturated carbocycles. The van der Waals surface area contributed by atoms with E-state index in [1.54, 1.807) is 0 Å². The van der Waals surface area contributed by atoms with Crippen LogP contribution in [0.5, 0.6) is 0 Å². The maximum Gasteiger partial charge on any atom is 0.0729 e. The normalized spacial score (nSPS) is 10.6. The molecule has 0 atom stereocenters. The molecule has 0 aromatic rings. The first-order chi connectivity index (χ1) is 6.22. The van der Waals surface area contributed by atoms with Crippen LogP contribution in [0.2, 0.25) is 10.0 Å². The van der Waals surface area contributed by atoms with Crippen molar-refractivity contribution in [3.63, 3.8) is 0 Å². The van der Waals surface area contributed by atoms with E-state index in [1.165, 1.54) is 0 Å². The highest BCUT2D eigenvalue weighted by atomic mass is 35.5. The topological polar surface area (TPSA) is 26.0 Å². The number of nitrogen functional groups attached to an aromatic ring is 1. The average Bonchev–Trinajstić information content (AvgIpc) is 2.40. The van der Waals surface area contributed by atoms with E-state index in [4.69, 9.17) is 28.9 Å². The fourth-order valence-corrected chi connectivity index (χ4v) is 1.88. The van der Waals surface area contributed by atoms with Gasteiger partial charge in [0.1, 0.15) is 0 Å². The Labute approximate surface area is 86.4 Å². The van der Waals surface area contributed by atoms with Crippen LogP contribution in [0, 0.1) is 0 Å². The number of fused-ring (bicyclic) bond motifs is 1. The maximum atomic E-state index is 6.00. The number of halogens is 2. The highest BCUT2D eigenvalue weighted by Crippen LogP contribution is 2.44. The number of hydrogen-bond acceptors (Lipinski definition) is 1. The molecule has 2 aliphatic rings. The summed E-state index contributed by atoms with van der Waals surface area (Å²) in [6.45, 7) is 0. The summed E-state index contributed by atoms with van der Waals surface area (Å²) < 4.78 is 0. The van der Waals surface area contributed by atoms with Crippen LogP contribution in [0.1, 0.15) is 0 Å². The predicted octanol–water partition coefficient (Wildman–Crippen LogP) is 3.68. The van der Waals surface area contributed by atoms with Gasteiger partial charge in [-0.2, -0.15) is 0 Å². The lowest BCUT2D eigenvalue weighted by atomic mass is 10.2. The Kier molecular flexibility index (Phi) is 2.06. The highest BCUT2D eigenvalue weighted by Gasteiger charge is 2.16. The van der Waals surface area contributed by atoms with Gasteiger partial charge in [0.2, 0.25) is 0 Å². The molecule has 0 fully saturated rings. The summed E-state index contributed by atoms with van der Waals surface area (Å²) in [5.74, 6) is 0. The lowest BCUT2D eigenvalue weighted by Gasteiger charge is -1.91. The van der Waals surface area contributed by atoms with Crippen molar-refractivity contribution in [2.75, 3.05) is 5.73 Å². The van der Waals surface area contributed by atoms with E-state index < -0.39 is 0 Å². The average molecular weight is 212 g/mol. The van der Waals surface area contributed by atoms with Gasteiger partial charge in [0.25, 0.3) is 0 Å². The first kappa shape index (κ1) is 8.67. The Morgan fingerprint density at radius 3 is 1.77 bits per heavy atom. The first-order valence-electron chi connectivity index (χ1n) is 3.83. The summed E-state index contributed by atoms with van der Waals surface area (Å²) in [5.41, 5.74) is 7.95. The minimum absolute atomic E-state index is 0.463. The van der Waals surface area contributed by atoms with Crippen LogP contribution in [0.4, 0.5) is 5.69 Å². The maximum absolute atomic E-state index is 6.00. The van der Waals surface area contributed by atoms with Gasteiger partial charge in [0.15, 0.2) is 0 Å². The van der Waals surface area contributed by atoms with Crippen molar-refractivity contribution in [1.29, 1.82) is 0 Å². The van der Waals surface area contributed by atoms with E-state index in [-0.39, 0.29) is 0 Å². The molecule has 2 rings (SSSR count). The standard InChI is InChI=1S/C10H7Cl2N/c11-8-6-4-2-1-3-5-7(6)9(12)10(8)13/h1-5H,13H2. The fraction of sp³-hybridized carbons (Fsp3) is 0. The van der Waals surface area contributed by atoms with Crippen LogP contribution in [0.3, 0.4) is 0 Å². The lowest BCUT2D eigenvalue weighted by molar-refractivity contribution is 1.83. The Balaban J connectivity index is 2.86. The molecule has 0 radical (unpaired) electrons. The SMILES string of the molecule is Nc1c(Cl)c2cccccc-2c1Cl. The van der Waals surface area contributed by atoms with Gasteiger partial charge < -0.3 is 5.73 Å². The Bertz CT molecular complexity index is 389. The lowest BCUT2D eigenvalue weighted by Crippen LogP contribution is -1.80. The van der Waals surface area contributed by atoms with Gasteiger partial charge in [-0.05, 0) is 0 Å². The number of nitrogens with two attached hydrogens (primary N) is 1. The predicted molar refractivity (Wildman–Crippen MR) is 57.5 cm³/mol. The molecular weight excluding hydrogens is 205 g/mol. The second-order valence-electron chi connectivity index (χ2n) is 2.78. The van der Waals surface area contributed by atoms with E-state index in [0.29, 0.717) is 15.7 Å². The highest BCUT2D eigenvalue weighted by molar-refractivity contribution is 6.44.